The minimum absolute atomic E-state index is 0.117. The zero-order valence-corrected chi connectivity index (χ0v) is 13.3. The van der Waals surface area contributed by atoms with E-state index in [2.05, 4.69) is 29.2 Å². The summed E-state index contributed by atoms with van der Waals surface area (Å²) in [6.07, 6.45) is 5.64. The SMILES string of the molecule is CCN(CC)CCn1cc(NC(=O)C(C)(N)C2CC2)cn1. The summed E-state index contributed by atoms with van der Waals surface area (Å²) in [5.41, 5.74) is 6.05. The zero-order valence-electron chi connectivity index (χ0n) is 13.3. The van der Waals surface area contributed by atoms with Crippen LogP contribution in [-0.4, -0.2) is 45.8 Å². The number of nitrogens with one attached hydrogen (secondary N) is 1. The Morgan fingerprint density at radius 2 is 2.19 bits per heavy atom. The predicted octanol–water partition coefficient (Wildman–Crippen LogP) is 1.29. The van der Waals surface area contributed by atoms with Crippen LogP contribution in [0.25, 0.3) is 0 Å². The molecule has 2 rings (SSSR count). The molecule has 1 atom stereocenters. The summed E-state index contributed by atoms with van der Waals surface area (Å²) >= 11 is 0. The van der Waals surface area contributed by atoms with Gasteiger partial charge in [-0.05, 0) is 38.8 Å². The highest BCUT2D eigenvalue weighted by Gasteiger charge is 2.44. The van der Waals surface area contributed by atoms with Crippen molar-refractivity contribution in [3.05, 3.63) is 12.4 Å². The molecule has 0 aliphatic heterocycles. The van der Waals surface area contributed by atoms with E-state index < -0.39 is 5.54 Å². The minimum atomic E-state index is -0.774. The molecule has 0 bridgehead atoms. The molecular weight excluding hydrogens is 266 g/mol. The highest BCUT2D eigenvalue weighted by atomic mass is 16.2. The first-order valence-electron chi connectivity index (χ1n) is 7.82. The number of aromatic nitrogens is 2. The van der Waals surface area contributed by atoms with Crippen LogP contribution < -0.4 is 11.1 Å². The molecule has 1 saturated carbocycles. The lowest BCUT2D eigenvalue weighted by atomic mass is 9.96. The molecule has 1 amide bonds. The Hall–Kier alpha value is -1.40. The highest BCUT2D eigenvalue weighted by Crippen LogP contribution is 2.38. The zero-order chi connectivity index (χ0) is 15.5. The number of anilines is 1. The molecule has 1 aliphatic rings. The van der Waals surface area contributed by atoms with Crippen LogP contribution in [0.4, 0.5) is 5.69 Å². The summed E-state index contributed by atoms with van der Waals surface area (Å²) in [6.45, 7) is 9.96. The Morgan fingerprint density at radius 1 is 1.52 bits per heavy atom. The van der Waals surface area contributed by atoms with Gasteiger partial charge in [0.25, 0.3) is 0 Å². The average molecular weight is 293 g/mol. The number of carbonyl (C=O) groups is 1. The van der Waals surface area contributed by atoms with E-state index in [1.165, 1.54) is 0 Å². The molecule has 0 saturated heterocycles. The molecule has 1 aromatic rings. The van der Waals surface area contributed by atoms with Crippen molar-refractivity contribution < 1.29 is 4.79 Å². The van der Waals surface area contributed by atoms with Gasteiger partial charge in [-0.15, -0.1) is 0 Å². The Kier molecular flexibility index (Phi) is 5.00. The van der Waals surface area contributed by atoms with E-state index in [1.54, 1.807) is 6.20 Å². The molecule has 1 aromatic heterocycles. The van der Waals surface area contributed by atoms with Crippen LogP contribution in [0, 0.1) is 5.92 Å². The molecule has 0 radical (unpaired) electrons. The van der Waals surface area contributed by atoms with Gasteiger partial charge in [-0.1, -0.05) is 13.8 Å². The van der Waals surface area contributed by atoms with Crippen LogP contribution in [0.1, 0.15) is 33.6 Å². The first-order chi connectivity index (χ1) is 9.97. The number of nitrogens with zero attached hydrogens (tertiary/aromatic N) is 3. The first kappa shape index (κ1) is 16.0. The quantitative estimate of drug-likeness (QED) is 0.757. The fourth-order valence-electron chi connectivity index (χ4n) is 2.47. The number of hydrogen-bond acceptors (Lipinski definition) is 4. The number of rotatable bonds is 8. The van der Waals surface area contributed by atoms with Crippen molar-refractivity contribution in [2.24, 2.45) is 11.7 Å². The van der Waals surface area contributed by atoms with Gasteiger partial charge in [0, 0.05) is 12.7 Å². The summed E-state index contributed by atoms with van der Waals surface area (Å²) < 4.78 is 1.86. The van der Waals surface area contributed by atoms with Gasteiger partial charge in [-0.25, -0.2) is 0 Å². The van der Waals surface area contributed by atoms with E-state index in [-0.39, 0.29) is 5.91 Å². The molecule has 1 unspecified atom stereocenters. The summed E-state index contributed by atoms with van der Waals surface area (Å²) in [5.74, 6) is 0.198. The van der Waals surface area contributed by atoms with Gasteiger partial charge < -0.3 is 16.0 Å². The number of likely N-dealkylation sites (N-methyl/N-ethyl adjacent to an activating group) is 1. The molecule has 1 aliphatic carbocycles. The van der Waals surface area contributed by atoms with Gasteiger partial charge in [-0.2, -0.15) is 5.10 Å². The minimum Gasteiger partial charge on any atom is -0.322 e. The molecule has 3 N–H and O–H groups in total. The van der Waals surface area contributed by atoms with Crippen molar-refractivity contribution in [3.63, 3.8) is 0 Å². The number of nitrogens with two attached hydrogens (primary N) is 1. The maximum absolute atomic E-state index is 12.2. The van der Waals surface area contributed by atoms with Crippen LogP contribution in [0.3, 0.4) is 0 Å². The summed E-state index contributed by atoms with van der Waals surface area (Å²) in [5, 5.41) is 7.17. The summed E-state index contributed by atoms with van der Waals surface area (Å²) in [4.78, 5) is 14.5. The first-order valence-corrected chi connectivity index (χ1v) is 7.82. The van der Waals surface area contributed by atoms with Crippen LogP contribution in [0.2, 0.25) is 0 Å². The average Bonchev–Trinajstić information content (AvgIpc) is 3.23. The van der Waals surface area contributed by atoms with E-state index in [0.717, 1.165) is 44.7 Å². The highest BCUT2D eigenvalue weighted by molar-refractivity contribution is 5.97. The number of carbonyl (C=O) groups excluding carboxylic acids is 1. The largest absolute Gasteiger partial charge is 0.322 e. The third-order valence-electron chi connectivity index (χ3n) is 4.35. The second-order valence-electron chi connectivity index (χ2n) is 6.03. The number of amides is 1. The normalized spacial score (nSPS) is 17.8. The molecule has 1 heterocycles. The lowest BCUT2D eigenvalue weighted by Crippen LogP contribution is -2.50. The van der Waals surface area contributed by atoms with Gasteiger partial charge in [0.1, 0.15) is 0 Å². The fraction of sp³-hybridized carbons (Fsp3) is 0.733. The molecule has 118 valence electrons. The van der Waals surface area contributed by atoms with E-state index in [4.69, 9.17) is 5.73 Å². The molecule has 6 nitrogen and oxygen atoms in total. The standard InChI is InChI=1S/C15H27N5O/c1-4-19(5-2)8-9-20-11-13(10-17-20)18-14(21)15(3,16)12-6-7-12/h10-12H,4-9,16H2,1-3H3,(H,18,21). The Labute approximate surface area is 126 Å². The van der Waals surface area contributed by atoms with E-state index in [1.807, 2.05) is 17.8 Å². The maximum atomic E-state index is 12.2. The van der Waals surface area contributed by atoms with Crippen LogP contribution in [-0.2, 0) is 11.3 Å². The van der Waals surface area contributed by atoms with Gasteiger partial charge in [0.15, 0.2) is 0 Å². The van der Waals surface area contributed by atoms with Crippen molar-refractivity contribution in [3.8, 4) is 0 Å². The second-order valence-corrected chi connectivity index (χ2v) is 6.03. The van der Waals surface area contributed by atoms with E-state index in [9.17, 15) is 4.79 Å². The summed E-state index contributed by atoms with van der Waals surface area (Å²) in [6, 6.07) is 0. The molecule has 0 aromatic carbocycles. The van der Waals surface area contributed by atoms with Crippen molar-refractivity contribution >= 4 is 11.6 Å². The van der Waals surface area contributed by atoms with Gasteiger partial charge >= 0.3 is 0 Å². The molecule has 1 fully saturated rings. The Bertz CT molecular complexity index is 474. The monoisotopic (exact) mass is 293 g/mol. The van der Waals surface area contributed by atoms with Crippen molar-refractivity contribution in [2.75, 3.05) is 25.0 Å². The second kappa shape index (κ2) is 6.58. The number of hydrogen-bond donors (Lipinski definition) is 2. The van der Waals surface area contributed by atoms with E-state index >= 15 is 0 Å². The van der Waals surface area contributed by atoms with Gasteiger partial charge in [0.05, 0.1) is 24.0 Å². The topological polar surface area (TPSA) is 76.2 Å². The van der Waals surface area contributed by atoms with E-state index in [0.29, 0.717) is 5.92 Å². The molecular formula is C15H27N5O. The van der Waals surface area contributed by atoms with Crippen molar-refractivity contribution in [1.82, 2.24) is 14.7 Å². The molecule has 0 spiro atoms. The Morgan fingerprint density at radius 3 is 2.76 bits per heavy atom. The molecule has 6 heteroatoms. The third-order valence-corrected chi connectivity index (χ3v) is 4.35. The molecule has 21 heavy (non-hydrogen) atoms. The van der Waals surface area contributed by atoms with Crippen molar-refractivity contribution in [2.45, 2.75) is 45.7 Å². The lowest BCUT2D eigenvalue weighted by Gasteiger charge is -2.22. The van der Waals surface area contributed by atoms with Gasteiger partial charge in [0.2, 0.25) is 5.91 Å². The Balaban J connectivity index is 1.86. The third kappa shape index (κ3) is 4.04. The van der Waals surface area contributed by atoms with Crippen LogP contribution in [0.15, 0.2) is 12.4 Å². The van der Waals surface area contributed by atoms with Crippen molar-refractivity contribution in [1.29, 1.82) is 0 Å². The smallest absolute Gasteiger partial charge is 0.244 e. The fourth-order valence-corrected chi connectivity index (χ4v) is 2.47. The van der Waals surface area contributed by atoms with Crippen LogP contribution in [0.5, 0.6) is 0 Å². The summed E-state index contributed by atoms with van der Waals surface area (Å²) in [7, 11) is 0. The van der Waals surface area contributed by atoms with Crippen LogP contribution >= 0.6 is 0 Å². The maximum Gasteiger partial charge on any atom is 0.244 e. The lowest BCUT2D eigenvalue weighted by molar-refractivity contribution is -0.121. The van der Waals surface area contributed by atoms with Gasteiger partial charge in [-0.3, -0.25) is 9.48 Å². The predicted molar refractivity (Wildman–Crippen MR) is 84.0 cm³/mol.